The lowest BCUT2D eigenvalue weighted by atomic mass is 10.2. The Morgan fingerprint density at radius 2 is 2.36 bits per heavy atom. The van der Waals surface area contributed by atoms with Gasteiger partial charge in [-0.15, -0.1) is 0 Å². The van der Waals surface area contributed by atoms with Gasteiger partial charge < -0.3 is 10.2 Å². The predicted octanol–water partition coefficient (Wildman–Crippen LogP) is -0.346. The Morgan fingerprint density at radius 3 is 3.09 bits per heavy atom. The number of carbonyl (C=O) groups is 2. The fraction of sp³-hybridized carbons (Fsp3) is 0.667. The summed E-state index contributed by atoms with van der Waals surface area (Å²) < 4.78 is 0. The van der Waals surface area contributed by atoms with E-state index in [1.54, 1.807) is 4.90 Å². The largest absolute Gasteiger partial charge is 0.320 e. The normalized spacial score (nSPS) is 30.9. The number of hydrogen-bond acceptors (Lipinski definition) is 4. The van der Waals surface area contributed by atoms with Gasteiger partial charge in [0.15, 0.2) is 0 Å². The molecule has 2 aliphatic heterocycles. The third kappa shape index (κ3) is 1.04. The molecule has 0 aliphatic carbocycles. The quantitative estimate of drug-likeness (QED) is 0.543. The summed E-state index contributed by atoms with van der Waals surface area (Å²) in [6.07, 6.45) is 0. The van der Waals surface area contributed by atoms with Gasteiger partial charge in [-0.25, -0.2) is 0 Å². The van der Waals surface area contributed by atoms with Crippen molar-refractivity contribution < 1.29 is 9.59 Å². The number of nitrogens with one attached hydrogen (secondary N) is 1. The van der Waals surface area contributed by atoms with Crippen molar-refractivity contribution in [1.82, 2.24) is 10.2 Å². The minimum absolute atomic E-state index is 0.0119. The standard InChI is InChI=1S/C6H8N2O2S/c9-5-4-3-7-1-2-8(4)6(10)11-5/h4,7H,1-3H2. The van der Waals surface area contributed by atoms with Crippen molar-refractivity contribution >= 4 is 22.1 Å². The van der Waals surface area contributed by atoms with Crippen molar-refractivity contribution in [3.8, 4) is 0 Å². The summed E-state index contributed by atoms with van der Waals surface area (Å²) in [5.74, 6) is 0. The lowest BCUT2D eigenvalue weighted by molar-refractivity contribution is -0.114. The molecule has 60 valence electrons. The van der Waals surface area contributed by atoms with E-state index in [4.69, 9.17) is 0 Å². The molecule has 2 aliphatic rings. The van der Waals surface area contributed by atoms with E-state index in [2.05, 4.69) is 5.32 Å². The molecule has 5 heteroatoms. The summed E-state index contributed by atoms with van der Waals surface area (Å²) in [6, 6.07) is -0.193. The molecule has 0 saturated carbocycles. The van der Waals surface area contributed by atoms with Crippen LogP contribution in [0, 0.1) is 0 Å². The van der Waals surface area contributed by atoms with E-state index >= 15 is 0 Å². The van der Waals surface area contributed by atoms with Crippen molar-refractivity contribution in [3.63, 3.8) is 0 Å². The second-order valence-electron chi connectivity index (χ2n) is 2.60. The zero-order chi connectivity index (χ0) is 7.84. The monoisotopic (exact) mass is 172 g/mol. The number of carbonyl (C=O) groups excluding carboxylic acids is 2. The molecule has 2 saturated heterocycles. The van der Waals surface area contributed by atoms with Crippen molar-refractivity contribution in [2.45, 2.75) is 6.04 Å². The highest BCUT2D eigenvalue weighted by Gasteiger charge is 2.40. The zero-order valence-corrected chi connectivity index (χ0v) is 6.69. The zero-order valence-electron chi connectivity index (χ0n) is 5.87. The van der Waals surface area contributed by atoms with E-state index in [9.17, 15) is 9.59 Å². The molecule has 0 radical (unpaired) electrons. The van der Waals surface area contributed by atoms with Gasteiger partial charge in [0.1, 0.15) is 6.04 Å². The Balaban J connectivity index is 2.19. The summed E-state index contributed by atoms with van der Waals surface area (Å²) in [4.78, 5) is 23.8. The first-order chi connectivity index (χ1) is 5.29. The molecule has 1 atom stereocenters. The lowest BCUT2D eigenvalue weighted by Gasteiger charge is -2.27. The van der Waals surface area contributed by atoms with Gasteiger partial charge >= 0.3 is 0 Å². The van der Waals surface area contributed by atoms with Crippen LogP contribution < -0.4 is 5.32 Å². The number of fused-ring (bicyclic) bond motifs is 1. The maximum Gasteiger partial charge on any atom is 0.290 e. The first kappa shape index (κ1) is 7.12. The Morgan fingerprint density at radius 1 is 1.55 bits per heavy atom. The third-order valence-electron chi connectivity index (χ3n) is 1.94. The molecule has 2 fully saturated rings. The molecule has 1 unspecified atom stereocenters. The lowest BCUT2D eigenvalue weighted by Crippen LogP contribution is -2.51. The summed E-state index contributed by atoms with van der Waals surface area (Å²) in [5, 5.41) is 2.99. The van der Waals surface area contributed by atoms with Crippen LogP contribution in [-0.2, 0) is 4.79 Å². The maximum atomic E-state index is 11.1. The minimum Gasteiger partial charge on any atom is -0.320 e. The van der Waals surface area contributed by atoms with E-state index in [1.165, 1.54) is 0 Å². The Bertz CT molecular complexity index is 197. The number of nitrogens with zero attached hydrogens (tertiary/aromatic N) is 1. The number of piperazine rings is 1. The maximum absolute atomic E-state index is 11.1. The van der Waals surface area contributed by atoms with Crippen LogP contribution in [0.1, 0.15) is 0 Å². The molecular weight excluding hydrogens is 164 g/mol. The van der Waals surface area contributed by atoms with Crippen LogP contribution >= 0.6 is 11.8 Å². The third-order valence-corrected chi connectivity index (χ3v) is 2.82. The van der Waals surface area contributed by atoms with Crippen LogP contribution in [0.2, 0.25) is 0 Å². The average Bonchev–Trinajstić information content (AvgIpc) is 2.30. The van der Waals surface area contributed by atoms with Crippen LogP contribution in [0.4, 0.5) is 4.79 Å². The average molecular weight is 172 g/mol. The van der Waals surface area contributed by atoms with Crippen molar-refractivity contribution in [1.29, 1.82) is 0 Å². The summed E-state index contributed by atoms with van der Waals surface area (Å²) in [6.45, 7) is 2.09. The number of hydrogen-bond donors (Lipinski definition) is 1. The molecule has 0 aromatic rings. The second kappa shape index (κ2) is 2.49. The van der Waals surface area contributed by atoms with Crippen molar-refractivity contribution in [3.05, 3.63) is 0 Å². The van der Waals surface area contributed by atoms with Crippen LogP contribution in [0.3, 0.4) is 0 Å². The SMILES string of the molecule is O=C1SC(=O)N2CCNCC12. The van der Waals surface area contributed by atoms with Gasteiger partial charge in [0, 0.05) is 31.4 Å². The van der Waals surface area contributed by atoms with Gasteiger partial charge in [0.25, 0.3) is 5.24 Å². The van der Waals surface area contributed by atoms with E-state index in [-0.39, 0.29) is 16.4 Å². The summed E-state index contributed by atoms with van der Waals surface area (Å²) >= 11 is 0.834. The van der Waals surface area contributed by atoms with E-state index in [0.717, 1.165) is 18.3 Å². The van der Waals surface area contributed by atoms with Crippen LogP contribution in [0.25, 0.3) is 0 Å². The van der Waals surface area contributed by atoms with Crippen molar-refractivity contribution in [2.24, 2.45) is 0 Å². The van der Waals surface area contributed by atoms with Gasteiger partial charge in [-0.05, 0) is 0 Å². The van der Waals surface area contributed by atoms with Crippen LogP contribution in [0.5, 0.6) is 0 Å². The Kier molecular flexibility index (Phi) is 1.61. The van der Waals surface area contributed by atoms with Gasteiger partial charge in [-0.3, -0.25) is 9.59 Å². The molecule has 2 heterocycles. The van der Waals surface area contributed by atoms with E-state index in [1.807, 2.05) is 0 Å². The molecular formula is C6H8N2O2S. The number of thioether (sulfide) groups is 1. The molecule has 0 aromatic carbocycles. The first-order valence-corrected chi connectivity index (χ1v) is 4.34. The molecule has 2 rings (SSSR count). The highest BCUT2D eigenvalue weighted by Crippen LogP contribution is 2.25. The fourth-order valence-electron chi connectivity index (χ4n) is 1.35. The van der Waals surface area contributed by atoms with Gasteiger partial charge in [0.2, 0.25) is 5.12 Å². The molecule has 0 spiro atoms. The van der Waals surface area contributed by atoms with Gasteiger partial charge in [0.05, 0.1) is 0 Å². The smallest absolute Gasteiger partial charge is 0.290 e. The molecule has 0 aromatic heterocycles. The fourth-order valence-corrected chi connectivity index (χ4v) is 2.20. The number of amides is 1. The van der Waals surface area contributed by atoms with Crippen LogP contribution in [-0.4, -0.2) is 40.9 Å². The summed E-state index contributed by atoms with van der Waals surface area (Å²) in [5.41, 5.74) is 0. The molecule has 11 heavy (non-hydrogen) atoms. The topological polar surface area (TPSA) is 49.4 Å². The minimum atomic E-state index is -0.193. The van der Waals surface area contributed by atoms with E-state index in [0.29, 0.717) is 13.1 Å². The van der Waals surface area contributed by atoms with Gasteiger partial charge in [-0.2, -0.15) is 0 Å². The second-order valence-corrected chi connectivity index (χ2v) is 3.56. The highest BCUT2D eigenvalue weighted by molar-refractivity contribution is 8.26. The Labute approximate surface area is 68.3 Å². The number of rotatable bonds is 0. The van der Waals surface area contributed by atoms with Crippen LogP contribution in [0.15, 0.2) is 0 Å². The van der Waals surface area contributed by atoms with Gasteiger partial charge in [-0.1, -0.05) is 0 Å². The molecule has 1 amide bonds. The summed E-state index contributed by atoms with van der Waals surface area (Å²) in [7, 11) is 0. The first-order valence-electron chi connectivity index (χ1n) is 3.52. The molecule has 1 N–H and O–H groups in total. The Hall–Kier alpha value is -0.550. The van der Waals surface area contributed by atoms with E-state index < -0.39 is 0 Å². The van der Waals surface area contributed by atoms with Crippen molar-refractivity contribution in [2.75, 3.05) is 19.6 Å². The molecule has 4 nitrogen and oxygen atoms in total. The predicted molar refractivity (Wildman–Crippen MR) is 41.4 cm³/mol. The highest BCUT2D eigenvalue weighted by atomic mass is 32.2. The molecule has 0 bridgehead atoms.